The van der Waals surface area contributed by atoms with Gasteiger partial charge < -0.3 is 9.84 Å². The first-order chi connectivity index (χ1) is 9.40. The maximum absolute atomic E-state index is 12.0. The Morgan fingerprint density at radius 3 is 2.70 bits per heavy atom. The van der Waals surface area contributed by atoms with E-state index in [9.17, 15) is 13.2 Å². The second-order valence-corrected chi connectivity index (χ2v) is 7.20. The predicted molar refractivity (Wildman–Crippen MR) is 72.0 cm³/mol. The van der Waals surface area contributed by atoms with Gasteiger partial charge in [-0.25, -0.2) is 9.78 Å². The number of morpholine rings is 1. The average molecular weight is 321 g/mol. The lowest BCUT2D eigenvalue weighted by Crippen LogP contribution is -2.46. The van der Waals surface area contributed by atoms with Crippen LogP contribution in [0.5, 0.6) is 0 Å². The number of hydrogen-bond donors (Lipinski definition) is 2. The zero-order valence-electron chi connectivity index (χ0n) is 10.8. The van der Waals surface area contributed by atoms with Crippen LogP contribution in [-0.4, -0.2) is 55.1 Å². The number of carboxylic acid groups (broad SMARTS) is 1. The highest BCUT2D eigenvalue weighted by Crippen LogP contribution is 2.17. The van der Waals surface area contributed by atoms with Gasteiger partial charge in [0.15, 0.2) is 5.69 Å². The Labute approximate surface area is 120 Å². The molecule has 1 aliphatic heterocycles. The van der Waals surface area contributed by atoms with E-state index in [1.54, 1.807) is 6.92 Å². The van der Waals surface area contributed by atoms with Crippen LogP contribution in [0.4, 0.5) is 0 Å². The first-order valence-corrected chi connectivity index (χ1v) is 8.18. The smallest absolute Gasteiger partial charge is 0.355 e. The summed E-state index contributed by atoms with van der Waals surface area (Å²) in [5.74, 6) is -1.11. The SMILES string of the molecule is Cc1sc(CNS(=O)(=O)N2CCOCC2)nc1C(=O)O. The van der Waals surface area contributed by atoms with Crippen LogP contribution in [0.2, 0.25) is 0 Å². The highest BCUT2D eigenvalue weighted by atomic mass is 32.2. The van der Waals surface area contributed by atoms with E-state index in [0.717, 1.165) is 0 Å². The molecule has 10 heteroatoms. The van der Waals surface area contributed by atoms with Gasteiger partial charge in [-0.2, -0.15) is 17.4 Å². The molecule has 0 aliphatic carbocycles. The molecule has 1 aromatic rings. The number of rotatable bonds is 5. The standard InChI is InChI=1S/C10H15N3O5S2/c1-7-9(10(14)15)12-8(19-7)6-11-20(16,17)13-2-4-18-5-3-13/h11H,2-6H2,1H3,(H,14,15). The lowest BCUT2D eigenvalue weighted by atomic mass is 10.4. The summed E-state index contributed by atoms with van der Waals surface area (Å²) in [6.07, 6.45) is 0. The molecular weight excluding hydrogens is 306 g/mol. The van der Waals surface area contributed by atoms with Gasteiger partial charge in [0.05, 0.1) is 19.8 Å². The van der Waals surface area contributed by atoms with Crippen LogP contribution in [0.3, 0.4) is 0 Å². The van der Waals surface area contributed by atoms with Crippen molar-refractivity contribution in [3.8, 4) is 0 Å². The lowest BCUT2D eigenvalue weighted by molar-refractivity contribution is 0.0690. The van der Waals surface area contributed by atoms with Crippen molar-refractivity contribution in [3.05, 3.63) is 15.6 Å². The van der Waals surface area contributed by atoms with Crippen molar-refractivity contribution in [1.29, 1.82) is 0 Å². The van der Waals surface area contributed by atoms with E-state index in [1.807, 2.05) is 0 Å². The minimum absolute atomic E-state index is 0.0154. The summed E-state index contributed by atoms with van der Waals surface area (Å²) in [4.78, 5) is 15.3. The number of nitrogens with zero attached hydrogens (tertiary/aromatic N) is 2. The van der Waals surface area contributed by atoms with Crippen LogP contribution < -0.4 is 4.72 Å². The maximum Gasteiger partial charge on any atom is 0.355 e. The van der Waals surface area contributed by atoms with Gasteiger partial charge in [0.2, 0.25) is 0 Å². The molecule has 0 spiro atoms. The third-order valence-electron chi connectivity index (χ3n) is 2.76. The molecule has 2 heterocycles. The van der Waals surface area contributed by atoms with Crippen molar-refractivity contribution >= 4 is 27.5 Å². The number of carboxylic acids is 1. The van der Waals surface area contributed by atoms with Gasteiger partial charge in [-0.3, -0.25) is 0 Å². The molecule has 20 heavy (non-hydrogen) atoms. The summed E-state index contributed by atoms with van der Waals surface area (Å²) < 4.78 is 32.8. The molecule has 1 aromatic heterocycles. The second-order valence-electron chi connectivity index (χ2n) is 4.16. The van der Waals surface area contributed by atoms with Crippen LogP contribution in [0, 0.1) is 6.92 Å². The van der Waals surface area contributed by atoms with Gasteiger partial charge in [0.1, 0.15) is 5.01 Å². The van der Waals surface area contributed by atoms with E-state index in [0.29, 0.717) is 36.2 Å². The minimum Gasteiger partial charge on any atom is -0.476 e. The number of nitrogens with one attached hydrogen (secondary N) is 1. The summed E-state index contributed by atoms with van der Waals surface area (Å²) in [5, 5.41) is 9.32. The van der Waals surface area contributed by atoms with E-state index in [4.69, 9.17) is 9.84 Å². The third kappa shape index (κ3) is 3.52. The molecule has 2 rings (SSSR count). The predicted octanol–water partition coefficient (Wildman–Crippen LogP) is -0.184. The molecule has 0 bridgehead atoms. The number of aromatic carboxylic acids is 1. The topological polar surface area (TPSA) is 109 Å². The normalized spacial score (nSPS) is 17.2. The van der Waals surface area contributed by atoms with Crippen molar-refractivity contribution in [1.82, 2.24) is 14.0 Å². The van der Waals surface area contributed by atoms with Crippen molar-refractivity contribution in [2.45, 2.75) is 13.5 Å². The Morgan fingerprint density at radius 1 is 1.50 bits per heavy atom. The molecule has 1 saturated heterocycles. The van der Waals surface area contributed by atoms with Gasteiger partial charge in [-0.05, 0) is 6.92 Å². The Balaban J connectivity index is 2.00. The van der Waals surface area contributed by atoms with E-state index in [1.165, 1.54) is 15.6 Å². The summed E-state index contributed by atoms with van der Waals surface area (Å²) in [7, 11) is -3.58. The van der Waals surface area contributed by atoms with Crippen molar-refractivity contribution in [3.63, 3.8) is 0 Å². The largest absolute Gasteiger partial charge is 0.476 e. The summed E-state index contributed by atoms with van der Waals surface area (Å²) in [6.45, 7) is 3.00. The highest BCUT2D eigenvalue weighted by Gasteiger charge is 2.24. The zero-order valence-corrected chi connectivity index (χ0v) is 12.5. The number of aryl methyl sites for hydroxylation is 1. The molecule has 0 atom stereocenters. The zero-order chi connectivity index (χ0) is 14.8. The van der Waals surface area contributed by atoms with Gasteiger partial charge >= 0.3 is 5.97 Å². The molecule has 2 N–H and O–H groups in total. The fourth-order valence-electron chi connectivity index (χ4n) is 1.76. The van der Waals surface area contributed by atoms with Gasteiger partial charge in [-0.1, -0.05) is 0 Å². The van der Waals surface area contributed by atoms with E-state index in [-0.39, 0.29) is 12.2 Å². The van der Waals surface area contributed by atoms with E-state index >= 15 is 0 Å². The fourth-order valence-corrected chi connectivity index (χ4v) is 3.84. The fraction of sp³-hybridized carbons (Fsp3) is 0.600. The lowest BCUT2D eigenvalue weighted by Gasteiger charge is -2.25. The molecule has 1 fully saturated rings. The number of aromatic nitrogens is 1. The average Bonchev–Trinajstić information content (AvgIpc) is 2.79. The van der Waals surface area contributed by atoms with Crippen molar-refractivity contribution in [2.75, 3.05) is 26.3 Å². The Morgan fingerprint density at radius 2 is 2.15 bits per heavy atom. The number of carbonyl (C=O) groups is 1. The third-order valence-corrected chi connectivity index (χ3v) is 5.28. The quantitative estimate of drug-likeness (QED) is 0.778. The van der Waals surface area contributed by atoms with Gasteiger partial charge in [0, 0.05) is 18.0 Å². The molecule has 112 valence electrons. The van der Waals surface area contributed by atoms with Gasteiger partial charge in [0.25, 0.3) is 10.2 Å². The minimum atomic E-state index is -3.58. The molecule has 0 saturated carbocycles. The van der Waals surface area contributed by atoms with E-state index < -0.39 is 16.2 Å². The van der Waals surface area contributed by atoms with Crippen LogP contribution in [0.25, 0.3) is 0 Å². The Bertz CT molecular complexity index is 592. The molecule has 0 aromatic carbocycles. The first kappa shape index (κ1) is 15.3. The molecule has 1 aliphatic rings. The van der Waals surface area contributed by atoms with Crippen LogP contribution in [0.15, 0.2) is 0 Å². The Hall–Kier alpha value is -1.07. The van der Waals surface area contributed by atoms with Crippen molar-refractivity contribution < 1.29 is 23.1 Å². The van der Waals surface area contributed by atoms with Crippen molar-refractivity contribution in [2.24, 2.45) is 0 Å². The van der Waals surface area contributed by atoms with Gasteiger partial charge in [-0.15, -0.1) is 11.3 Å². The number of ether oxygens (including phenoxy) is 1. The molecule has 0 amide bonds. The number of hydrogen-bond acceptors (Lipinski definition) is 6. The summed E-state index contributed by atoms with van der Waals surface area (Å²) in [5.41, 5.74) is -0.0319. The molecule has 8 nitrogen and oxygen atoms in total. The molecule has 0 unspecified atom stereocenters. The molecular formula is C10H15N3O5S2. The maximum atomic E-state index is 12.0. The monoisotopic (exact) mass is 321 g/mol. The summed E-state index contributed by atoms with van der Waals surface area (Å²) >= 11 is 1.17. The van der Waals surface area contributed by atoms with Crippen LogP contribution in [-0.2, 0) is 21.5 Å². The molecule has 0 radical (unpaired) electrons. The summed E-state index contributed by atoms with van der Waals surface area (Å²) in [6, 6.07) is 0. The first-order valence-electron chi connectivity index (χ1n) is 5.92. The van der Waals surface area contributed by atoms with Crippen LogP contribution >= 0.6 is 11.3 Å². The second kappa shape index (κ2) is 6.14. The highest BCUT2D eigenvalue weighted by molar-refractivity contribution is 7.87. The Kier molecular flexibility index (Phi) is 4.70. The van der Waals surface area contributed by atoms with E-state index in [2.05, 4.69) is 9.71 Å². The number of thiazole rings is 1. The van der Waals surface area contributed by atoms with Crippen LogP contribution in [0.1, 0.15) is 20.4 Å².